The zero-order valence-electron chi connectivity index (χ0n) is 13.5. The van der Waals surface area contributed by atoms with Crippen LogP contribution in [0.1, 0.15) is 12.8 Å². The van der Waals surface area contributed by atoms with Crippen LogP contribution in [-0.4, -0.2) is 57.2 Å². The van der Waals surface area contributed by atoms with E-state index < -0.39 is 10.0 Å². The van der Waals surface area contributed by atoms with Gasteiger partial charge in [-0.1, -0.05) is 0 Å². The average molecular weight is 359 g/mol. The highest BCUT2D eigenvalue weighted by Crippen LogP contribution is 2.22. The number of sulfonamides is 1. The first kappa shape index (κ1) is 18.8. The summed E-state index contributed by atoms with van der Waals surface area (Å²) in [5.74, 6) is 0.208. The van der Waals surface area contributed by atoms with Gasteiger partial charge in [0.2, 0.25) is 15.9 Å². The molecule has 0 atom stereocenters. The van der Waals surface area contributed by atoms with Crippen LogP contribution in [0.15, 0.2) is 35.1 Å². The van der Waals surface area contributed by atoms with Crippen LogP contribution in [-0.2, 0) is 14.8 Å². The summed E-state index contributed by atoms with van der Waals surface area (Å²) in [6.07, 6.45) is 3.08. The Morgan fingerprint density at radius 3 is 2.67 bits per heavy atom. The Balaban J connectivity index is 2.01. The summed E-state index contributed by atoms with van der Waals surface area (Å²) in [5, 5.41) is 0. The van der Waals surface area contributed by atoms with Crippen LogP contribution in [0.5, 0.6) is 5.88 Å². The van der Waals surface area contributed by atoms with Gasteiger partial charge >= 0.3 is 0 Å². The molecule has 0 saturated carbocycles. The first-order valence-electron chi connectivity index (χ1n) is 7.61. The van der Waals surface area contributed by atoms with Gasteiger partial charge in [-0.05, 0) is 18.9 Å². The van der Waals surface area contributed by atoms with Gasteiger partial charge < -0.3 is 15.2 Å². The quantitative estimate of drug-likeness (QED) is 0.783. The van der Waals surface area contributed by atoms with Crippen molar-refractivity contribution in [3.8, 4) is 5.88 Å². The first-order chi connectivity index (χ1) is 11.5. The summed E-state index contributed by atoms with van der Waals surface area (Å²) < 4.78 is 49.5. The monoisotopic (exact) mass is 359 g/mol. The number of methoxy groups -OCH3 is 1. The molecule has 2 rings (SSSR count). The highest BCUT2D eigenvalue weighted by molar-refractivity contribution is 7.89. The second-order valence-corrected chi connectivity index (χ2v) is 7.37. The number of rotatable bonds is 7. The third-order valence-electron chi connectivity index (χ3n) is 3.90. The second-order valence-electron chi connectivity index (χ2n) is 5.43. The molecule has 134 valence electrons. The Morgan fingerprint density at radius 2 is 2.17 bits per heavy atom. The maximum absolute atomic E-state index is 12.6. The lowest BCUT2D eigenvalue weighted by molar-refractivity contribution is 0.0604. The Kier molecular flexibility index (Phi) is 6.67. The van der Waals surface area contributed by atoms with E-state index in [0.29, 0.717) is 32.3 Å². The molecule has 1 saturated heterocycles. The topological polar surface area (TPSA) is 94.8 Å². The molecule has 2 heterocycles. The average Bonchev–Trinajstić information content (AvgIpc) is 2.63. The van der Waals surface area contributed by atoms with Crippen molar-refractivity contribution in [1.82, 2.24) is 9.29 Å². The molecule has 0 amide bonds. The summed E-state index contributed by atoms with van der Waals surface area (Å²) in [7, 11) is -1.95. The predicted molar refractivity (Wildman–Crippen MR) is 86.8 cm³/mol. The van der Waals surface area contributed by atoms with Crippen LogP contribution in [0.4, 0.5) is 4.39 Å². The van der Waals surface area contributed by atoms with E-state index in [1.165, 1.54) is 22.6 Å². The first-order valence-corrected chi connectivity index (χ1v) is 9.05. The van der Waals surface area contributed by atoms with E-state index in [0.717, 1.165) is 0 Å². The van der Waals surface area contributed by atoms with Gasteiger partial charge in [-0.25, -0.2) is 17.8 Å². The largest absolute Gasteiger partial charge is 0.473 e. The number of hydrogen-bond donors (Lipinski definition) is 1. The molecular formula is C15H22FN3O4S. The number of aromatic nitrogens is 1. The maximum Gasteiger partial charge on any atom is 0.244 e. The van der Waals surface area contributed by atoms with Crippen molar-refractivity contribution < 1.29 is 22.3 Å². The highest BCUT2D eigenvalue weighted by Gasteiger charge is 2.29. The molecule has 0 unspecified atom stereocenters. The SMILES string of the molecule is COC1CCN(S(=O)(=O)c2ccc(OC/C(=C/F)CN)nc2)CC1. The van der Waals surface area contributed by atoms with Crippen molar-refractivity contribution in [2.75, 3.05) is 33.4 Å². The molecule has 1 aromatic rings. The molecule has 0 spiro atoms. The van der Waals surface area contributed by atoms with Gasteiger partial charge in [-0.3, -0.25) is 0 Å². The Hall–Kier alpha value is -1.55. The van der Waals surface area contributed by atoms with Gasteiger partial charge in [-0.2, -0.15) is 4.31 Å². The lowest BCUT2D eigenvalue weighted by Crippen LogP contribution is -2.40. The Bertz CT molecular complexity index is 656. The predicted octanol–water partition coefficient (Wildman–Crippen LogP) is 1.07. The van der Waals surface area contributed by atoms with Gasteiger partial charge in [0.15, 0.2) is 0 Å². The van der Waals surface area contributed by atoms with Crippen molar-refractivity contribution in [2.24, 2.45) is 5.73 Å². The fourth-order valence-electron chi connectivity index (χ4n) is 2.36. The summed E-state index contributed by atoms with van der Waals surface area (Å²) in [6, 6.07) is 2.88. The third kappa shape index (κ3) is 4.50. The van der Waals surface area contributed by atoms with E-state index in [1.54, 1.807) is 7.11 Å². The summed E-state index contributed by atoms with van der Waals surface area (Å²) in [6.45, 7) is 0.845. The molecule has 1 aliphatic heterocycles. The molecule has 0 radical (unpaired) electrons. The maximum atomic E-state index is 12.6. The van der Waals surface area contributed by atoms with Crippen LogP contribution in [0.25, 0.3) is 0 Å². The summed E-state index contributed by atoms with van der Waals surface area (Å²) >= 11 is 0. The number of piperidine rings is 1. The zero-order valence-corrected chi connectivity index (χ0v) is 14.3. The number of pyridine rings is 1. The fourth-order valence-corrected chi connectivity index (χ4v) is 3.78. The number of halogens is 1. The van der Waals surface area contributed by atoms with E-state index in [4.69, 9.17) is 15.2 Å². The van der Waals surface area contributed by atoms with Crippen LogP contribution >= 0.6 is 0 Å². The van der Waals surface area contributed by atoms with Crippen molar-refractivity contribution in [2.45, 2.75) is 23.8 Å². The Morgan fingerprint density at radius 1 is 1.46 bits per heavy atom. The molecule has 1 fully saturated rings. The second kappa shape index (κ2) is 8.52. The molecule has 0 bridgehead atoms. The van der Waals surface area contributed by atoms with Crippen molar-refractivity contribution in [3.63, 3.8) is 0 Å². The standard InChI is InChI=1S/C15H22FN3O4S/c1-22-13-4-6-19(7-5-13)24(20,21)14-2-3-15(18-10-14)23-11-12(8-16)9-17/h2-3,8,10,13H,4-7,9,11,17H2,1H3/b12-8+. The lowest BCUT2D eigenvalue weighted by atomic mass is 10.1. The smallest absolute Gasteiger partial charge is 0.244 e. The normalized spacial score (nSPS) is 17.9. The van der Waals surface area contributed by atoms with Gasteiger partial charge in [0.25, 0.3) is 0 Å². The van der Waals surface area contributed by atoms with Crippen molar-refractivity contribution in [1.29, 1.82) is 0 Å². The van der Waals surface area contributed by atoms with E-state index in [-0.39, 0.29) is 35.6 Å². The molecule has 1 aromatic heterocycles. The van der Waals surface area contributed by atoms with Gasteiger partial charge in [0, 0.05) is 38.4 Å². The minimum atomic E-state index is -3.58. The van der Waals surface area contributed by atoms with E-state index in [2.05, 4.69) is 4.98 Å². The molecule has 0 aromatic carbocycles. The van der Waals surface area contributed by atoms with Gasteiger partial charge in [0.05, 0.1) is 18.6 Å². The molecule has 0 aliphatic carbocycles. The van der Waals surface area contributed by atoms with Crippen molar-refractivity contribution in [3.05, 3.63) is 30.2 Å². The van der Waals surface area contributed by atoms with Crippen LogP contribution < -0.4 is 10.5 Å². The summed E-state index contributed by atoms with van der Waals surface area (Å²) in [4.78, 5) is 4.07. The van der Waals surface area contributed by atoms with E-state index in [9.17, 15) is 12.8 Å². The van der Waals surface area contributed by atoms with E-state index >= 15 is 0 Å². The number of hydrogen-bond acceptors (Lipinski definition) is 6. The van der Waals surface area contributed by atoms with Crippen LogP contribution in [0.3, 0.4) is 0 Å². The minimum Gasteiger partial charge on any atom is -0.473 e. The lowest BCUT2D eigenvalue weighted by Gasteiger charge is -2.30. The number of nitrogens with zero attached hydrogens (tertiary/aromatic N) is 2. The third-order valence-corrected chi connectivity index (χ3v) is 5.79. The molecule has 1 aliphatic rings. The van der Waals surface area contributed by atoms with Crippen molar-refractivity contribution >= 4 is 10.0 Å². The zero-order chi connectivity index (χ0) is 17.6. The number of nitrogens with two attached hydrogens (primary N) is 1. The van der Waals surface area contributed by atoms with Gasteiger partial charge in [-0.15, -0.1) is 0 Å². The minimum absolute atomic E-state index is 0.0311. The highest BCUT2D eigenvalue weighted by atomic mass is 32.2. The number of ether oxygens (including phenoxy) is 2. The molecular weight excluding hydrogens is 337 g/mol. The molecule has 7 nitrogen and oxygen atoms in total. The van der Waals surface area contributed by atoms with E-state index in [1.807, 2.05) is 0 Å². The summed E-state index contributed by atoms with van der Waals surface area (Å²) in [5.41, 5.74) is 5.62. The molecule has 2 N–H and O–H groups in total. The van der Waals surface area contributed by atoms with Crippen LogP contribution in [0, 0.1) is 0 Å². The molecule has 9 heteroatoms. The van der Waals surface area contributed by atoms with Crippen LogP contribution in [0.2, 0.25) is 0 Å². The van der Waals surface area contributed by atoms with Gasteiger partial charge in [0.1, 0.15) is 11.5 Å². The fraction of sp³-hybridized carbons (Fsp3) is 0.533. The molecule has 24 heavy (non-hydrogen) atoms. The Labute approximate surface area is 141 Å².